The number of ether oxygens (including phenoxy) is 1. The van der Waals surface area contributed by atoms with E-state index in [-0.39, 0.29) is 0 Å². The van der Waals surface area contributed by atoms with Gasteiger partial charge in [0.2, 0.25) is 5.88 Å². The van der Waals surface area contributed by atoms with E-state index in [9.17, 15) is 13.2 Å². The van der Waals surface area contributed by atoms with Crippen molar-refractivity contribution in [2.75, 3.05) is 11.9 Å². The number of fused-ring (bicyclic) bond motifs is 1. The molecule has 0 unspecified atom stereocenters. The standard InChI is InChI=1S/C22H17F3N3O/c1-27-12-11-15-13-19(8-9-20(15)27)29-21-10-7-18(14-26-21)28(2)17-5-3-16(4-6-17)22(23,24)25/h3-11,13-14H,1-2H3. The summed E-state index contributed by atoms with van der Waals surface area (Å²) in [4.78, 5) is 6.06. The van der Waals surface area contributed by atoms with Gasteiger partial charge in [0, 0.05) is 36.8 Å². The molecule has 0 aliphatic carbocycles. The lowest BCUT2D eigenvalue weighted by Crippen LogP contribution is -2.11. The number of rotatable bonds is 4. The summed E-state index contributed by atoms with van der Waals surface area (Å²) >= 11 is 0. The Morgan fingerprint density at radius 3 is 2.38 bits per heavy atom. The van der Waals surface area contributed by atoms with E-state index in [1.54, 1.807) is 30.3 Å². The minimum Gasteiger partial charge on any atom is -0.439 e. The molecule has 4 aromatic rings. The van der Waals surface area contributed by atoms with Crippen molar-refractivity contribution < 1.29 is 17.9 Å². The Bertz CT molecular complexity index is 1130. The molecule has 0 fully saturated rings. The van der Waals surface area contributed by atoms with Crippen LogP contribution in [0.1, 0.15) is 5.56 Å². The number of hydrogen-bond acceptors (Lipinski definition) is 3. The fourth-order valence-electron chi connectivity index (χ4n) is 3.03. The van der Waals surface area contributed by atoms with Crippen LogP contribution in [0.2, 0.25) is 0 Å². The summed E-state index contributed by atoms with van der Waals surface area (Å²) in [6.07, 6.45) is 0.357. The van der Waals surface area contributed by atoms with E-state index in [4.69, 9.17) is 4.74 Å². The van der Waals surface area contributed by atoms with E-state index in [2.05, 4.69) is 11.2 Å². The highest BCUT2D eigenvalue weighted by Gasteiger charge is 2.30. The van der Waals surface area contributed by atoms with Crippen molar-refractivity contribution in [1.29, 1.82) is 0 Å². The lowest BCUT2D eigenvalue weighted by atomic mass is 10.2. The SMILES string of the molecule is CN(c1ccc(C(F)(F)F)cc1)c1ccc(Oc2ccc3c(c[c]n3C)c2)nc1. The fourth-order valence-corrected chi connectivity index (χ4v) is 3.03. The second-order valence-corrected chi connectivity index (χ2v) is 6.61. The molecule has 7 heteroatoms. The molecule has 0 aliphatic heterocycles. The maximum absolute atomic E-state index is 12.7. The lowest BCUT2D eigenvalue weighted by molar-refractivity contribution is -0.137. The Morgan fingerprint density at radius 1 is 1.00 bits per heavy atom. The number of alkyl halides is 3. The summed E-state index contributed by atoms with van der Waals surface area (Å²) in [5.74, 6) is 1.09. The van der Waals surface area contributed by atoms with Gasteiger partial charge < -0.3 is 14.2 Å². The molecule has 2 aromatic heterocycles. The number of hydrogen-bond donors (Lipinski definition) is 0. The van der Waals surface area contributed by atoms with Crippen molar-refractivity contribution in [3.63, 3.8) is 0 Å². The Morgan fingerprint density at radius 2 is 1.72 bits per heavy atom. The normalized spacial score (nSPS) is 11.6. The molecule has 0 bridgehead atoms. The van der Waals surface area contributed by atoms with Gasteiger partial charge in [-0.05, 0) is 54.6 Å². The monoisotopic (exact) mass is 396 g/mol. The highest BCUT2D eigenvalue weighted by molar-refractivity contribution is 5.81. The van der Waals surface area contributed by atoms with Crippen LogP contribution in [-0.4, -0.2) is 16.6 Å². The zero-order chi connectivity index (χ0) is 20.6. The Labute approximate surface area is 165 Å². The van der Waals surface area contributed by atoms with Crippen molar-refractivity contribution in [1.82, 2.24) is 9.55 Å². The predicted molar refractivity (Wildman–Crippen MR) is 106 cm³/mol. The molecule has 147 valence electrons. The number of nitrogens with zero attached hydrogens (tertiary/aromatic N) is 3. The largest absolute Gasteiger partial charge is 0.439 e. The Kier molecular flexibility index (Phi) is 4.66. The molecule has 0 spiro atoms. The summed E-state index contributed by atoms with van der Waals surface area (Å²) in [7, 11) is 3.69. The first-order chi connectivity index (χ1) is 13.8. The molecule has 0 atom stereocenters. The van der Waals surface area contributed by atoms with E-state index in [1.165, 1.54) is 12.1 Å². The summed E-state index contributed by atoms with van der Waals surface area (Å²) in [5.41, 5.74) is 1.73. The number of aryl methyl sites for hydroxylation is 1. The molecule has 0 saturated heterocycles. The van der Waals surface area contributed by atoms with E-state index in [0.717, 1.165) is 28.7 Å². The third-order valence-corrected chi connectivity index (χ3v) is 4.69. The van der Waals surface area contributed by atoms with Crippen LogP contribution in [0.15, 0.2) is 66.9 Å². The number of halogens is 3. The van der Waals surface area contributed by atoms with Crippen LogP contribution in [0.25, 0.3) is 10.9 Å². The van der Waals surface area contributed by atoms with E-state index in [0.29, 0.717) is 17.3 Å². The van der Waals surface area contributed by atoms with Gasteiger partial charge in [-0.3, -0.25) is 0 Å². The minimum absolute atomic E-state index is 0.425. The number of benzene rings is 2. The van der Waals surface area contributed by atoms with Gasteiger partial charge in [0.1, 0.15) is 5.75 Å². The van der Waals surface area contributed by atoms with Gasteiger partial charge in [-0.2, -0.15) is 13.2 Å². The van der Waals surface area contributed by atoms with Crippen LogP contribution in [0.5, 0.6) is 11.6 Å². The minimum atomic E-state index is -4.35. The van der Waals surface area contributed by atoms with Crippen LogP contribution in [0.3, 0.4) is 0 Å². The summed E-state index contributed by atoms with van der Waals surface area (Å²) < 4.78 is 45.9. The molecule has 29 heavy (non-hydrogen) atoms. The molecule has 0 amide bonds. The predicted octanol–water partition coefficient (Wildman–Crippen LogP) is 5.95. The quantitative estimate of drug-likeness (QED) is 0.427. The first-order valence-corrected chi connectivity index (χ1v) is 8.83. The van der Waals surface area contributed by atoms with Crippen LogP contribution < -0.4 is 9.64 Å². The molecule has 0 N–H and O–H groups in total. The summed E-state index contributed by atoms with van der Waals surface area (Å²) in [5, 5.41) is 1.02. The van der Waals surface area contributed by atoms with Crippen LogP contribution >= 0.6 is 0 Å². The van der Waals surface area contributed by atoms with Gasteiger partial charge in [0.25, 0.3) is 0 Å². The molecular formula is C22H17F3N3O. The Hall–Kier alpha value is -3.48. The molecule has 0 saturated carbocycles. The van der Waals surface area contributed by atoms with Crippen molar-refractivity contribution in [2.24, 2.45) is 7.05 Å². The van der Waals surface area contributed by atoms with Crippen molar-refractivity contribution in [3.8, 4) is 11.6 Å². The molecular weight excluding hydrogens is 379 g/mol. The maximum atomic E-state index is 12.7. The van der Waals surface area contributed by atoms with Crippen LogP contribution in [0.4, 0.5) is 24.5 Å². The van der Waals surface area contributed by atoms with E-state index >= 15 is 0 Å². The molecule has 2 heterocycles. The molecule has 4 rings (SSSR count). The average molecular weight is 396 g/mol. The van der Waals surface area contributed by atoms with Gasteiger partial charge in [-0.15, -0.1) is 0 Å². The fraction of sp³-hybridized carbons (Fsp3) is 0.136. The van der Waals surface area contributed by atoms with Crippen LogP contribution in [0, 0.1) is 6.20 Å². The second kappa shape index (κ2) is 7.16. The molecule has 4 nitrogen and oxygen atoms in total. The molecule has 1 radical (unpaired) electrons. The van der Waals surface area contributed by atoms with Gasteiger partial charge >= 0.3 is 6.18 Å². The first-order valence-electron chi connectivity index (χ1n) is 8.83. The topological polar surface area (TPSA) is 30.3 Å². The van der Waals surface area contributed by atoms with Gasteiger partial charge in [0.15, 0.2) is 0 Å². The Balaban J connectivity index is 1.49. The summed E-state index contributed by atoms with van der Waals surface area (Å²) in [6.45, 7) is 0. The average Bonchev–Trinajstić information content (AvgIpc) is 3.08. The summed E-state index contributed by atoms with van der Waals surface area (Å²) in [6, 6.07) is 16.1. The third kappa shape index (κ3) is 3.89. The van der Waals surface area contributed by atoms with Gasteiger partial charge in [-0.1, -0.05) is 0 Å². The van der Waals surface area contributed by atoms with E-state index < -0.39 is 11.7 Å². The number of pyridine rings is 1. The van der Waals surface area contributed by atoms with Crippen molar-refractivity contribution >= 4 is 22.3 Å². The van der Waals surface area contributed by atoms with Gasteiger partial charge in [0.05, 0.1) is 23.6 Å². The van der Waals surface area contributed by atoms with E-state index in [1.807, 2.05) is 35.9 Å². The number of anilines is 2. The zero-order valence-electron chi connectivity index (χ0n) is 15.7. The third-order valence-electron chi connectivity index (χ3n) is 4.69. The van der Waals surface area contributed by atoms with Gasteiger partial charge in [-0.25, -0.2) is 4.98 Å². The second-order valence-electron chi connectivity index (χ2n) is 6.61. The van der Waals surface area contributed by atoms with Crippen molar-refractivity contribution in [3.05, 3.63) is 78.6 Å². The maximum Gasteiger partial charge on any atom is 0.416 e. The number of aromatic nitrogens is 2. The highest BCUT2D eigenvalue weighted by atomic mass is 19.4. The first kappa shape index (κ1) is 18.9. The lowest BCUT2D eigenvalue weighted by Gasteiger charge is -2.20. The molecule has 2 aromatic carbocycles. The van der Waals surface area contributed by atoms with Crippen LogP contribution in [-0.2, 0) is 13.2 Å². The highest BCUT2D eigenvalue weighted by Crippen LogP contribution is 2.32. The molecule has 0 aliphatic rings. The smallest absolute Gasteiger partial charge is 0.416 e. The zero-order valence-corrected chi connectivity index (χ0v) is 15.7. The van der Waals surface area contributed by atoms with Crippen molar-refractivity contribution in [2.45, 2.75) is 6.18 Å².